The van der Waals surface area contributed by atoms with Crippen LogP contribution in [0.1, 0.15) is 11.8 Å². The van der Waals surface area contributed by atoms with Crippen LogP contribution in [0.4, 0.5) is 0 Å². The van der Waals surface area contributed by atoms with Crippen LogP contribution in [0.5, 0.6) is 0 Å². The van der Waals surface area contributed by atoms with Crippen molar-refractivity contribution in [2.75, 3.05) is 0 Å². The molecule has 0 saturated carbocycles. The lowest BCUT2D eigenvalue weighted by Gasteiger charge is -2.07. The molecular formula is C42H22N10O2. The molecule has 0 bridgehead atoms. The van der Waals surface area contributed by atoms with Crippen molar-refractivity contribution >= 4 is 71.3 Å². The first-order chi connectivity index (χ1) is 26.8. The number of aromatic nitrogens is 10. The number of fused-ring (bicyclic) bond motifs is 8. The highest BCUT2D eigenvalue weighted by Crippen LogP contribution is 2.41. The Bertz CT molecular complexity index is 3460. The van der Waals surface area contributed by atoms with Gasteiger partial charge in [0.05, 0.1) is 22.9 Å². The van der Waals surface area contributed by atoms with E-state index in [1.54, 1.807) is 12.4 Å². The Labute approximate surface area is 302 Å². The first-order valence-corrected chi connectivity index (χ1v) is 17.2. The van der Waals surface area contributed by atoms with Crippen LogP contribution in [0.25, 0.3) is 93.6 Å². The van der Waals surface area contributed by atoms with Gasteiger partial charge in [-0.25, -0.2) is 15.0 Å². The molecule has 0 aliphatic carbocycles. The SMILES string of the molecule is c1ccc(-c2ccc3c4cccc5c6nc(-c7cccc8ccccc78)cnc6n(c(=C(c6nnco6)c6nnco6)n6c7nccnc7c2c36)c45)cc1. The molecule has 0 N–H and O–H groups in total. The summed E-state index contributed by atoms with van der Waals surface area (Å²) in [4.78, 5) is 20.6. The van der Waals surface area contributed by atoms with Gasteiger partial charge in [-0.05, 0) is 21.9 Å². The third-order valence-corrected chi connectivity index (χ3v) is 10.2. The zero-order chi connectivity index (χ0) is 35.3. The minimum Gasteiger partial charge on any atom is -0.423 e. The number of benzene rings is 5. The molecule has 0 saturated heterocycles. The summed E-state index contributed by atoms with van der Waals surface area (Å²) in [7, 11) is 0. The van der Waals surface area contributed by atoms with Crippen LogP contribution in [0.3, 0.4) is 0 Å². The van der Waals surface area contributed by atoms with Gasteiger partial charge in [0.2, 0.25) is 12.8 Å². The maximum Gasteiger partial charge on any atom is 0.256 e. The van der Waals surface area contributed by atoms with Crippen molar-refractivity contribution in [2.24, 2.45) is 0 Å². The van der Waals surface area contributed by atoms with Crippen molar-refractivity contribution < 1.29 is 8.83 Å². The van der Waals surface area contributed by atoms with E-state index in [1.165, 1.54) is 12.8 Å². The van der Waals surface area contributed by atoms with Crippen molar-refractivity contribution in [3.8, 4) is 22.4 Å². The smallest absolute Gasteiger partial charge is 0.256 e. The average Bonchev–Trinajstić information content (AvgIpc) is 4.05. The summed E-state index contributed by atoms with van der Waals surface area (Å²) in [5.41, 5.74) is 9.15. The molecule has 54 heavy (non-hydrogen) atoms. The predicted octanol–water partition coefficient (Wildman–Crippen LogP) is 7.60. The lowest BCUT2D eigenvalue weighted by Crippen LogP contribution is -2.25. The highest BCUT2D eigenvalue weighted by Gasteiger charge is 2.28. The van der Waals surface area contributed by atoms with Crippen LogP contribution >= 0.6 is 0 Å². The van der Waals surface area contributed by atoms with E-state index in [1.807, 2.05) is 36.5 Å². The van der Waals surface area contributed by atoms with E-state index in [2.05, 4.69) is 102 Å². The largest absolute Gasteiger partial charge is 0.423 e. The fourth-order valence-electron chi connectivity index (χ4n) is 8.10. The zero-order valence-electron chi connectivity index (χ0n) is 28.0. The Morgan fingerprint density at radius 1 is 0.537 bits per heavy atom. The van der Waals surface area contributed by atoms with Crippen LogP contribution in [-0.4, -0.2) is 49.1 Å². The van der Waals surface area contributed by atoms with Crippen molar-refractivity contribution in [1.29, 1.82) is 0 Å². The van der Waals surface area contributed by atoms with Gasteiger partial charge in [0.15, 0.2) is 11.3 Å². The molecule has 252 valence electrons. The van der Waals surface area contributed by atoms with Crippen molar-refractivity contribution in [2.45, 2.75) is 0 Å². The molecule has 12 rings (SSSR count). The van der Waals surface area contributed by atoms with Gasteiger partial charge in [0, 0.05) is 39.5 Å². The Hall–Kier alpha value is -7.86. The molecule has 0 spiro atoms. The highest BCUT2D eigenvalue weighted by molar-refractivity contribution is 6.25. The van der Waals surface area contributed by atoms with Crippen LogP contribution in [-0.2, 0) is 0 Å². The second-order valence-electron chi connectivity index (χ2n) is 13.0. The molecule has 0 aliphatic rings. The molecule has 0 fully saturated rings. The van der Waals surface area contributed by atoms with Gasteiger partial charge < -0.3 is 8.83 Å². The van der Waals surface area contributed by atoms with Gasteiger partial charge in [-0.2, -0.15) is 0 Å². The minimum absolute atomic E-state index is 0.170. The minimum atomic E-state index is 0.170. The highest BCUT2D eigenvalue weighted by atomic mass is 16.4. The number of hydrogen-bond acceptors (Lipinski definition) is 10. The summed E-state index contributed by atoms with van der Waals surface area (Å²) in [6.07, 6.45) is 7.80. The third kappa shape index (κ3) is 3.85. The zero-order valence-corrected chi connectivity index (χ0v) is 28.0. The summed E-state index contributed by atoms with van der Waals surface area (Å²) in [5.74, 6) is 0.340. The predicted molar refractivity (Wildman–Crippen MR) is 203 cm³/mol. The van der Waals surface area contributed by atoms with Gasteiger partial charge >= 0.3 is 0 Å². The molecule has 12 heteroatoms. The van der Waals surface area contributed by atoms with Crippen LogP contribution in [0.2, 0.25) is 0 Å². The number of hydrogen-bond donors (Lipinski definition) is 0. The molecule has 7 aromatic heterocycles. The van der Waals surface area contributed by atoms with E-state index >= 15 is 0 Å². The van der Waals surface area contributed by atoms with Gasteiger partial charge in [-0.15, -0.1) is 20.4 Å². The monoisotopic (exact) mass is 698 g/mol. The summed E-state index contributed by atoms with van der Waals surface area (Å²) < 4.78 is 16.1. The fraction of sp³-hybridized carbons (Fsp3) is 0. The van der Waals surface area contributed by atoms with E-state index in [0.717, 1.165) is 71.3 Å². The Balaban J connectivity index is 1.39. The molecule has 7 heterocycles. The van der Waals surface area contributed by atoms with Crippen LogP contribution in [0.15, 0.2) is 143 Å². The summed E-state index contributed by atoms with van der Waals surface area (Å²) in [6, 6.07) is 35.5. The summed E-state index contributed by atoms with van der Waals surface area (Å²) in [6.45, 7) is 0. The second kappa shape index (κ2) is 10.8. The quantitative estimate of drug-likeness (QED) is 0.181. The number of rotatable bonds is 4. The van der Waals surface area contributed by atoms with Gasteiger partial charge in [-0.1, -0.05) is 103 Å². The van der Waals surface area contributed by atoms with E-state index in [4.69, 9.17) is 28.8 Å². The van der Waals surface area contributed by atoms with Gasteiger partial charge in [0.25, 0.3) is 11.8 Å². The van der Waals surface area contributed by atoms with Gasteiger partial charge in [0.1, 0.15) is 22.1 Å². The maximum atomic E-state index is 5.96. The van der Waals surface area contributed by atoms with E-state index < -0.39 is 0 Å². The normalized spacial score (nSPS) is 12.1. The molecule has 5 aromatic carbocycles. The van der Waals surface area contributed by atoms with Crippen molar-refractivity contribution in [3.05, 3.63) is 152 Å². The molecule has 0 aliphatic heterocycles. The standard InChI is InChI=1S/C42H22N10O2/c1-2-8-24(9-3-1)26-16-17-29-28-14-7-15-30-34-38(45-20-31(48-34)27-13-6-11-23-10-4-5-12-25(23)27)51(36(28)30)42(33(40-49-46-21-53-40)41-50-47-22-54-41)52-37(29)32(26)35-39(52)44-19-18-43-35/h1-22H. The Morgan fingerprint density at radius 2 is 1.22 bits per heavy atom. The molecular weight excluding hydrogens is 677 g/mol. The first-order valence-electron chi connectivity index (χ1n) is 17.2. The van der Waals surface area contributed by atoms with Gasteiger partial charge in [-0.3, -0.25) is 13.8 Å². The van der Waals surface area contributed by atoms with Crippen LogP contribution < -0.4 is 5.48 Å². The molecule has 0 atom stereocenters. The van der Waals surface area contributed by atoms with E-state index in [9.17, 15) is 0 Å². The summed E-state index contributed by atoms with van der Waals surface area (Å²) >= 11 is 0. The second-order valence-corrected chi connectivity index (χ2v) is 13.0. The average molecular weight is 699 g/mol. The van der Waals surface area contributed by atoms with Crippen molar-refractivity contribution in [1.82, 2.24) is 49.1 Å². The Morgan fingerprint density at radius 3 is 2.06 bits per heavy atom. The molecule has 12 nitrogen and oxygen atoms in total. The third-order valence-electron chi connectivity index (χ3n) is 10.2. The van der Waals surface area contributed by atoms with E-state index in [0.29, 0.717) is 27.9 Å². The lowest BCUT2D eigenvalue weighted by molar-refractivity contribution is 0.512. The molecule has 12 aromatic rings. The Kier molecular flexibility index (Phi) is 5.77. The molecule has 0 unspecified atom stereocenters. The van der Waals surface area contributed by atoms with E-state index in [-0.39, 0.29) is 11.8 Å². The molecule has 0 radical (unpaired) electrons. The topological polar surface area (TPSA) is 138 Å². The van der Waals surface area contributed by atoms with Crippen LogP contribution in [0, 0.1) is 0 Å². The number of nitrogens with zero attached hydrogens (tertiary/aromatic N) is 10. The number of para-hydroxylation sites is 1. The van der Waals surface area contributed by atoms with Crippen molar-refractivity contribution in [3.63, 3.8) is 0 Å². The first kappa shape index (κ1) is 28.8. The maximum absolute atomic E-state index is 5.96. The fourth-order valence-corrected chi connectivity index (χ4v) is 8.10. The molecule has 0 amide bonds. The summed E-state index contributed by atoms with van der Waals surface area (Å²) in [5, 5.41) is 22.9. The lowest BCUT2D eigenvalue weighted by atomic mass is 9.98.